The maximum absolute atomic E-state index is 9.26. The number of aliphatic hydroxyl groups excluding tert-OH is 1. The number of hydrogen-bond donors (Lipinski definition) is 2. The molecule has 126 valence electrons. The van der Waals surface area contributed by atoms with Gasteiger partial charge in [-0.05, 0) is 37.5 Å². The van der Waals surface area contributed by atoms with Gasteiger partial charge in [0, 0.05) is 17.1 Å². The molecular formula is C17H28BrNO3. The van der Waals surface area contributed by atoms with Crippen LogP contribution in [0.15, 0.2) is 16.6 Å². The van der Waals surface area contributed by atoms with Crippen molar-refractivity contribution in [1.82, 2.24) is 5.32 Å². The molecule has 1 aromatic rings. The van der Waals surface area contributed by atoms with Crippen molar-refractivity contribution in [2.45, 2.75) is 52.6 Å². The van der Waals surface area contributed by atoms with Crippen LogP contribution in [0.5, 0.6) is 11.5 Å². The van der Waals surface area contributed by atoms with E-state index in [1.807, 2.05) is 19.1 Å². The lowest BCUT2D eigenvalue weighted by atomic mass is 10.1. The summed E-state index contributed by atoms with van der Waals surface area (Å²) in [6, 6.07) is 4.09. The number of unbranched alkanes of at least 4 members (excludes halogenated alkanes) is 1. The molecule has 0 aliphatic heterocycles. The van der Waals surface area contributed by atoms with Crippen LogP contribution < -0.4 is 14.8 Å². The summed E-state index contributed by atoms with van der Waals surface area (Å²) in [5.74, 6) is 1.55. The van der Waals surface area contributed by atoms with Gasteiger partial charge in [0.05, 0.1) is 19.8 Å². The van der Waals surface area contributed by atoms with Crippen LogP contribution in [0.4, 0.5) is 0 Å². The molecule has 0 aromatic heterocycles. The van der Waals surface area contributed by atoms with Crippen LogP contribution >= 0.6 is 15.9 Å². The first-order valence-electron chi connectivity index (χ1n) is 8.08. The van der Waals surface area contributed by atoms with Crippen molar-refractivity contribution in [3.05, 3.63) is 22.2 Å². The van der Waals surface area contributed by atoms with Gasteiger partial charge in [0.2, 0.25) is 0 Å². The number of rotatable bonds is 11. The van der Waals surface area contributed by atoms with E-state index in [1.165, 1.54) is 0 Å². The minimum atomic E-state index is 0.114. The van der Waals surface area contributed by atoms with E-state index in [4.69, 9.17) is 9.47 Å². The van der Waals surface area contributed by atoms with Crippen molar-refractivity contribution in [3.63, 3.8) is 0 Å². The first-order valence-corrected chi connectivity index (χ1v) is 8.87. The highest BCUT2D eigenvalue weighted by Crippen LogP contribution is 2.34. The van der Waals surface area contributed by atoms with Crippen molar-refractivity contribution in [1.29, 1.82) is 0 Å². The van der Waals surface area contributed by atoms with Gasteiger partial charge in [-0.2, -0.15) is 0 Å². The zero-order chi connectivity index (χ0) is 16.4. The van der Waals surface area contributed by atoms with Crippen LogP contribution in [0.3, 0.4) is 0 Å². The molecule has 0 aliphatic carbocycles. The quantitative estimate of drug-likeness (QED) is 0.577. The zero-order valence-corrected chi connectivity index (χ0v) is 15.4. The fourth-order valence-corrected chi connectivity index (χ4v) is 2.48. The van der Waals surface area contributed by atoms with Gasteiger partial charge < -0.3 is 19.9 Å². The van der Waals surface area contributed by atoms with E-state index in [0.717, 1.165) is 40.8 Å². The molecule has 0 aliphatic rings. The Morgan fingerprint density at radius 1 is 1.18 bits per heavy atom. The second-order valence-electron chi connectivity index (χ2n) is 5.19. The Kier molecular flexibility index (Phi) is 9.52. The number of aliphatic hydroxyl groups is 1. The third-order valence-corrected chi connectivity index (χ3v) is 4.20. The average molecular weight is 374 g/mol. The third-order valence-electron chi connectivity index (χ3n) is 3.46. The maximum Gasteiger partial charge on any atom is 0.162 e. The molecule has 1 atom stereocenters. The van der Waals surface area contributed by atoms with Gasteiger partial charge in [-0.3, -0.25) is 0 Å². The monoisotopic (exact) mass is 373 g/mol. The van der Waals surface area contributed by atoms with Crippen LogP contribution in [0.25, 0.3) is 0 Å². The van der Waals surface area contributed by atoms with Crippen molar-refractivity contribution in [3.8, 4) is 11.5 Å². The lowest BCUT2D eigenvalue weighted by Crippen LogP contribution is -2.31. The van der Waals surface area contributed by atoms with Crippen LogP contribution in [0.2, 0.25) is 0 Å². The number of hydrogen-bond acceptors (Lipinski definition) is 4. The van der Waals surface area contributed by atoms with Crippen LogP contribution in [0.1, 0.15) is 45.6 Å². The van der Waals surface area contributed by atoms with E-state index in [-0.39, 0.29) is 12.6 Å². The van der Waals surface area contributed by atoms with E-state index in [0.29, 0.717) is 19.8 Å². The van der Waals surface area contributed by atoms with Gasteiger partial charge >= 0.3 is 0 Å². The van der Waals surface area contributed by atoms with Crippen LogP contribution in [-0.2, 0) is 6.54 Å². The minimum absolute atomic E-state index is 0.114. The highest BCUT2D eigenvalue weighted by Gasteiger charge is 2.12. The number of halogens is 1. The van der Waals surface area contributed by atoms with Gasteiger partial charge in [-0.15, -0.1) is 0 Å². The van der Waals surface area contributed by atoms with E-state index in [1.54, 1.807) is 0 Å². The van der Waals surface area contributed by atoms with Crippen LogP contribution in [-0.4, -0.2) is 31.0 Å². The molecule has 5 heteroatoms. The third kappa shape index (κ3) is 6.15. The predicted molar refractivity (Wildman–Crippen MR) is 93.7 cm³/mol. The fourth-order valence-electron chi connectivity index (χ4n) is 2.01. The molecule has 2 N–H and O–H groups in total. The Balaban J connectivity index is 2.83. The van der Waals surface area contributed by atoms with E-state index in [2.05, 4.69) is 35.1 Å². The first kappa shape index (κ1) is 19.3. The second kappa shape index (κ2) is 10.9. The van der Waals surface area contributed by atoms with Gasteiger partial charge in [-0.1, -0.05) is 36.2 Å². The normalized spacial score (nSPS) is 12.2. The lowest BCUT2D eigenvalue weighted by molar-refractivity contribution is 0.238. The summed E-state index contributed by atoms with van der Waals surface area (Å²) in [5, 5.41) is 12.6. The Bertz CT molecular complexity index is 436. The molecule has 0 amide bonds. The van der Waals surface area contributed by atoms with E-state index >= 15 is 0 Å². The summed E-state index contributed by atoms with van der Waals surface area (Å²) >= 11 is 3.60. The summed E-state index contributed by atoms with van der Waals surface area (Å²) < 4.78 is 12.5. The number of ether oxygens (including phenoxy) is 2. The maximum atomic E-state index is 9.26. The second-order valence-corrected chi connectivity index (χ2v) is 6.05. The van der Waals surface area contributed by atoms with Gasteiger partial charge in [0.1, 0.15) is 0 Å². The van der Waals surface area contributed by atoms with E-state index < -0.39 is 0 Å². The SMILES string of the molecule is CCCCOc1cc(Br)c(CN[C@@H](CC)CO)cc1OCC. The van der Waals surface area contributed by atoms with Crippen molar-refractivity contribution in [2.24, 2.45) is 0 Å². The molecule has 4 nitrogen and oxygen atoms in total. The smallest absolute Gasteiger partial charge is 0.162 e. The van der Waals surface area contributed by atoms with E-state index in [9.17, 15) is 5.11 Å². The Morgan fingerprint density at radius 3 is 2.50 bits per heavy atom. The molecule has 0 unspecified atom stereocenters. The van der Waals surface area contributed by atoms with Crippen molar-refractivity contribution in [2.75, 3.05) is 19.8 Å². The standard InChI is InChI=1S/C17H28BrNO3/c1-4-7-8-22-17-10-15(18)13(9-16(17)21-6-3)11-19-14(5-2)12-20/h9-10,14,19-20H,4-8,11-12H2,1-3H3/t14-/m0/s1. The molecule has 0 saturated heterocycles. The minimum Gasteiger partial charge on any atom is -0.490 e. The zero-order valence-electron chi connectivity index (χ0n) is 13.8. The Labute approximate surface area is 142 Å². The van der Waals surface area contributed by atoms with Crippen molar-refractivity contribution < 1.29 is 14.6 Å². The summed E-state index contributed by atoms with van der Waals surface area (Å²) in [6.45, 7) is 8.28. The topological polar surface area (TPSA) is 50.7 Å². The summed E-state index contributed by atoms with van der Waals surface area (Å²) in [7, 11) is 0. The highest BCUT2D eigenvalue weighted by atomic mass is 79.9. The van der Waals surface area contributed by atoms with Gasteiger partial charge in [-0.25, -0.2) is 0 Å². The lowest BCUT2D eigenvalue weighted by Gasteiger charge is -2.17. The predicted octanol–water partition coefficient (Wildman–Crippen LogP) is 3.89. The average Bonchev–Trinajstić information content (AvgIpc) is 2.52. The largest absolute Gasteiger partial charge is 0.490 e. The number of benzene rings is 1. The van der Waals surface area contributed by atoms with Gasteiger partial charge in [0.25, 0.3) is 0 Å². The molecule has 0 fully saturated rings. The Morgan fingerprint density at radius 2 is 1.91 bits per heavy atom. The molecule has 0 radical (unpaired) electrons. The molecule has 22 heavy (non-hydrogen) atoms. The van der Waals surface area contributed by atoms with Crippen molar-refractivity contribution >= 4 is 15.9 Å². The van der Waals surface area contributed by atoms with Crippen LogP contribution in [0, 0.1) is 0 Å². The molecule has 1 aromatic carbocycles. The highest BCUT2D eigenvalue weighted by molar-refractivity contribution is 9.10. The van der Waals surface area contributed by atoms with Gasteiger partial charge in [0.15, 0.2) is 11.5 Å². The Hall–Kier alpha value is -0.780. The molecule has 0 saturated carbocycles. The number of nitrogens with one attached hydrogen (secondary N) is 1. The summed E-state index contributed by atoms with van der Waals surface area (Å²) in [6.07, 6.45) is 3.03. The molecule has 0 bridgehead atoms. The molecule has 0 spiro atoms. The summed E-state index contributed by atoms with van der Waals surface area (Å²) in [5.41, 5.74) is 1.10. The molecular weight excluding hydrogens is 346 g/mol. The summed E-state index contributed by atoms with van der Waals surface area (Å²) in [4.78, 5) is 0. The molecule has 1 rings (SSSR count). The fraction of sp³-hybridized carbons (Fsp3) is 0.647. The first-order chi connectivity index (χ1) is 10.7. The molecule has 0 heterocycles.